The number of amides is 1. The molecule has 8 heavy (non-hydrogen) atoms. The minimum absolute atomic E-state index is 0.340. The molecule has 0 atom stereocenters. The van der Waals surface area contributed by atoms with Gasteiger partial charge in [0.25, 0.3) is 5.91 Å². The third-order valence-corrected chi connectivity index (χ3v) is 1.05. The summed E-state index contributed by atoms with van der Waals surface area (Å²) < 4.78 is 0. The van der Waals surface area contributed by atoms with Crippen LogP contribution in [0.15, 0.2) is 11.0 Å². The van der Waals surface area contributed by atoms with Crippen molar-refractivity contribution in [3.63, 3.8) is 0 Å². The zero-order chi connectivity index (χ0) is 6.57. The number of rotatable bonds is 2. The standard InChI is InChI=1S/C5H9NOS/c1-2-3-4(8)5(6)7/h3,8H,2H2,1H3,(H2,6,7). The van der Waals surface area contributed by atoms with Gasteiger partial charge in [0.05, 0.1) is 4.91 Å². The molecule has 0 bridgehead atoms. The Hall–Kier alpha value is -0.440. The average molecular weight is 131 g/mol. The topological polar surface area (TPSA) is 43.1 Å². The molecule has 2 nitrogen and oxygen atoms in total. The van der Waals surface area contributed by atoms with Crippen LogP contribution in [0, 0.1) is 0 Å². The summed E-state index contributed by atoms with van der Waals surface area (Å²) in [5.74, 6) is -0.463. The number of hydrogen-bond acceptors (Lipinski definition) is 2. The van der Waals surface area contributed by atoms with Crippen molar-refractivity contribution in [3.8, 4) is 0 Å². The Morgan fingerprint density at radius 3 is 2.50 bits per heavy atom. The molecule has 0 aromatic rings. The number of thiol groups is 1. The summed E-state index contributed by atoms with van der Waals surface area (Å²) in [5, 5.41) is 0. The first-order chi connectivity index (χ1) is 3.68. The fourth-order valence-electron chi connectivity index (χ4n) is 0.294. The molecule has 1 amide bonds. The molecule has 0 aromatic heterocycles. The van der Waals surface area contributed by atoms with Gasteiger partial charge in [-0.1, -0.05) is 13.0 Å². The molecule has 0 rings (SSSR count). The minimum Gasteiger partial charge on any atom is -0.365 e. The number of carbonyl (C=O) groups excluding carboxylic acids is 1. The van der Waals surface area contributed by atoms with E-state index < -0.39 is 5.91 Å². The van der Waals surface area contributed by atoms with Gasteiger partial charge < -0.3 is 5.73 Å². The maximum absolute atomic E-state index is 10.2. The van der Waals surface area contributed by atoms with Crippen LogP contribution in [0.4, 0.5) is 0 Å². The first kappa shape index (κ1) is 7.56. The van der Waals surface area contributed by atoms with E-state index in [1.165, 1.54) is 0 Å². The van der Waals surface area contributed by atoms with Gasteiger partial charge in [0.2, 0.25) is 0 Å². The molecular formula is C5H9NOS. The largest absolute Gasteiger partial charge is 0.365 e. The van der Waals surface area contributed by atoms with Crippen LogP contribution in [-0.2, 0) is 4.79 Å². The van der Waals surface area contributed by atoms with Crippen molar-refractivity contribution < 1.29 is 4.79 Å². The lowest BCUT2D eigenvalue weighted by molar-refractivity contribution is -0.113. The van der Waals surface area contributed by atoms with Crippen molar-refractivity contribution >= 4 is 18.5 Å². The van der Waals surface area contributed by atoms with E-state index >= 15 is 0 Å². The first-order valence-electron chi connectivity index (χ1n) is 2.37. The van der Waals surface area contributed by atoms with Crippen molar-refractivity contribution in [1.29, 1.82) is 0 Å². The summed E-state index contributed by atoms with van der Waals surface area (Å²) in [6.45, 7) is 1.92. The summed E-state index contributed by atoms with van der Waals surface area (Å²) in [4.78, 5) is 10.5. The summed E-state index contributed by atoms with van der Waals surface area (Å²) in [7, 11) is 0. The quantitative estimate of drug-likeness (QED) is 0.420. The highest BCUT2D eigenvalue weighted by Crippen LogP contribution is 1.98. The SMILES string of the molecule is CCC=C(S)C(N)=O. The second-order valence-electron chi connectivity index (χ2n) is 1.36. The Morgan fingerprint density at radius 2 is 2.38 bits per heavy atom. The van der Waals surface area contributed by atoms with Crippen LogP contribution in [0.1, 0.15) is 13.3 Å². The number of nitrogens with two attached hydrogens (primary N) is 1. The van der Waals surface area contributed by atoms with Crippen LogP contribution in [0.3, 0.4) is 0 Å². The van der Waals surface area contributed by atoms with Crippen LogP contribution < -0.4 is 5.73 Å². The average Bonchev–Trinajstić information content (AvgIpc) is 1.67. The van der Waals surface area contributed by atoms with Gasteiger partial charge in [0.1, 0.15) is 0 Å². The lowest BCUT2D eigenvalue weighted by Crippen LogP contribution is -2.09. The normalized spacial score (nSPS) is 11.5. The molecule has 0 aliphatic heterocycles. The fourth-order valence-corrected chi connectivity index (χ4v) is 0.477. The molecule has 0 aromatic carbocycles. The molecule has 2 N–H and O–H groups in total. The van der Waals surface area contributed by atoms with Gasteiger partial charge in [-0.15, -0.1) is 12.6 Å². The van der Waals surface area contributed by atoms with Crippen molar-refractivity contribution in [2.75, 3.05) is 0 Å². The highest BCUT2D eigenvalue weighted by molar-refractivity contribution is 7.85. The molecule has 0 unspecified atom stereocenters. The molecular weight excluding hydrogens is 122 g/mol. The number of allylic oxidation sites excluding steroid dienone is 1. The van der Waals surface area contributed by atoms with Gasteiger partial charge in [-0.25, -0.2) is 0 Å². The summed E-state index contributed by atoms with van der Waals surface area (Å²) in [6.07, 6.45) is 2.47. The molecule has 0 saturated carbocycles. The summed E-state index contributed by atoms with van der Waals surface area (Å²) in [6, 6.07) is 0. The van der Waals surface area contributed by atoms with Crippen LogP contribution in [0.25, 0.3) is 0 Å². The second-order valence-corrected chi connectivity index (χ2v) is 1.84. The van der Waals surface area contributed by atoms with Gasteiger partial charge in [0, 0.05) is 0 Å². The van der Waals surface area contributed by atoms with Crippen LogP contribution in [-0.4, -0.2) is 5.91 Å². The van der Waals surface area contributed by atoms with Gasteiger partial charge in [-0.3, -0.25) is 4.79 Å². The van der Waals surface area contributed by atoms with Crippen LogP contribution in [0.5, 0.6) is 0 Å². The van der Waals surface area contributed by atoms with Gasteiger partial charge in [-0.05, 0) is 6.42 Å². The number of carbonyl (C=O) groups is 1. The zero-order valence-corrected chi connectivity index (χ0v) is 5.61. The van der Waals surface area contributed by atoms with Crippen molar-refractivity contribution in [1.82, 2.24) is 0 Å². The third-order valence-electron chi connectivity index (χ3n) is 0.650. The van der Waals surface area contributed by atoms with Crippen LogP contribution in [0.2, 0.25) is 0 Å². The third kappa shape index (κ3) is 2.69. The Labute approximate surface area is 54.2 Å². The molecule has 3 heteroatoms. The van der Waals surface area contributed by atoms with E-state index in [9.17, 15) is 4.79 Å². The van der Waals surface area contributed by atoms with Crippen LogP contribution >= 0.6 is 12.6 Å². The van der Waals surface area contributed by atoms with Crippen molar-refractivity contribution in [3.05, 3.63) is 11.0 Å². The maximum Gasteiger partial charge on any atom is 0.254 e. The van der Waals surface area contributed by atoms with E-state index in [0.29, 0.717) is 4.91 Å². The van der Waals surface area contributed by atoms with Gasteiger partial charge >= 0.3 is 0 Å². The summed E-state index contributed by atoms with van der Waals surface area (Å²) >= 11 is 3.79. The maximum atomic E-state index is 10.2. The second kappa shape index (κ2) is 3.55. The highest BCUT2D eigenvalue weighted by atomic mass is 32.1. The number of hydrogen-bond donors (Lipinski definition) is 2. The Morgan fingerprint density at radius 1 is 1.88 bits per heavy atom. The molecule has 0 heterocycles. The van der Waals surface area contributed by atoms with E-state index in [4.69, 9.17) is 5.73 Å². The Bertz CT molecular complexity index is 120. The van der Waals surface area contributed by atoms with Crippen molar-refractivity contribution in [2.45, 2.75) is 13.3 Å². The number of primary amides is 1. The zero-order valence-electron chi connectivity index (χ0n) is 4.72. The molecule has 0 saturated heterocycles. The van der Waals surface area contributed by atoms with E-state index in [1.807, 2.05) is 6.92 Å². The van der Waals surface area contributed by atoms with E-state index in [-0.39, 0.29) is 0 Å². The predicted octanol–water partition coefficient (Wildman–Crippen LogP) is 0.695. The van der Waals surface area contributed by atoms with E-state index in [0.717, 1.165) is 6.42 Å². The van der Waals surface area contributed by atoms with Gasteiger partial charge in [0.15, 0.2) is 0 Å². The molecule has 0 aliphatic carbocycles. The smallest absolute Gasteiger partial charge is 0.254 e. The van der Waals surface area contributed by atoms with Gasteiger partial charge in [-0.2, -0.15) is 0 Å². The van der Waals surface area contributed by atoms with E-state index in [2.05, 4.69) is 12.6 Å². The van der Waals surface area contributed by atoms with E-state index in [1.54, 1.807) is 6.08 Å². The Kier molecular flexibility index (Phi) is 3.35. The van der Waals surface area contributed by atoms with Crippen molar-refractivity contribution in [2.24, 2.45) is 5.73 Å². The molecule has 46 valence electrons. The Balaban J connectivity index is 3.80. The first-order valence-corrected chi connectivity index (χ1v) is 2.82. The lowest BCUT2D eigenvalue weighted by atomic mass is 10.4. The highest BCUT2D eigenvalue weighted by Gasteiger charge is 1.93. The molecule has 0 radical (unpaired) electrons. The summed E-state index contributed by atoms with van der Waals surface area (Å²) in [5.41, 5.74) is 4.84. The molecule has 0 aliphatic rings. The predicted molar refractivity (Wildman–Crippen MR) is 36.6 cm³/mol. The lowest BCUT2D eigenvalue weighted by Gasteiger charge is -1.87. The minimum atomic E-state index is -0.463. The monoisotopic (exact) mass is 131 g/mol. The molecule has 0 fully saturated rings. The molecule has 0 spiro atoms. The fraction of sp³-hybridized carbons (Fsp3) is 0.400.